The summed E-state index contributed by atoms with van der Waals surface area (Å²) in [5, 5.41) is 0. The van der Waals surface area contributed by atoms with Crippen LogP contribution in [0.3, 0.4) is 0 Å². The number of fused-ring (bicyclic) bond motifs is 1. The lowest BCUT2D eigenvalue weighted by molar-refractivity contribution is 0.0763. The van der Waals surface area contributed by atoms with Gasteiger partial charge in [0.1, 0.15) is 0 Å². The maximum absolute atomic E-state index is 12.6. The Balaban J connectivity index is 1.53. The van der Waals surface area contributed by atoms with Gasteiger partial charge in [-0.3, -0.25) is 4.79 Å². The number of carbonyl (C=O) groups is 1. The monoisotopic (exact) mass is 301 g/mol. The number of nitrogens with zero attached hydrogens (tertiary/aromatic N) is 1. The summed E-state index contributed by atoms with van der Waals surface area (Å²) in [6.07, 6.45) is 9.72. The largest absolute Gasteiger partial charge is 0.378 e. The second-order valence-corrected chi connectivity index (χ2v) is 6.69. The Kier molecular flexibility index (Phi) is 5.14. The topological polar surface area (TPSA) is 29.5 Å². The Morgan fingerprint density at radius 3 is 2.82 bits per heavy atom. The molecule has 1 unspecified atom stereocenters. The third kappa shape index (κ3) is 3.70. The van der Waals surface area contributed by atoms with E-state index in [1.54, 1.807) is 0 Å². The summed E-state index contributed by atoms with van der Waals surface area (Å²) in [6.45, 7) is 1.73. The van der Waals surface area contributed by atoms with Gasteiger partial charge in [-0.05, 0) is 74.6 Å². The van der Waals surface area contributed by atoms with Gasteiger partial charge in [-0.2, -0.15) is 0 Å². The summed E-state index contributed by atoms with van der Waals surface area (Å²) < 4.78 is 5.64. The molecule has 1 atom stereocenters. The average molecular weight is 301 g/mol. The molecule has 3 heteroatoms. The van der Waals surface area contributed by atoms with Gasteiger partial charge in [-0.15, -0.1) is 0 Å². The molecule has 1 saturated heterocycles. The van der Waals surface area contributed by atoms with Crippen LogP contribution in [-0.4, -0.2) is 37.1 Å². The number of benzene rings is 1. The lowest BCUT2D eigenvalue weighted by Gasteiger charge is -2.20. The summed E-state index contributed by atoms with van der Waals surface area (Å²) >= 11 is 0. The van der Waals surface area contributed by atoms with E-state index in [0.29, 0.717) is 6.10 Å². The van der Waals surface area contributed by atoms with Gasteiger partial charge in [0.15, 0.2) is 0 Å². The molecule has 1 heterocycles. The van der Waals surface area contributed by atoms with Crippen LogP contribution in [0.4, 0.5) is 0 Å². The van der Waals surface area contributed by atoms with Gasteiger partial charge >= 0.3 is 0 Å². The minimum Gasteiger partial charge on any atom is -0.378 e. The van der Waals surface area contributed by atoms with Crippen molar-refractivity contribution in [3.8, 4) is 0 Å². The fourth-order valence-corrected chi connectivity index (χ4v) is 3.62. The predicted molar refractivity (Wildman–Crippen MR) is 88.3 cm³/mol. The van der Waals surface area contributed by atoms with Crippen LogP contribution < -0.4 is 0 Å². The summed E-state index contributed by atoms with van der Waals surface area (Å²) in [4.78, 5) is 14.4. The Labute approximate surface area is 133 Å². The van der Waals surface area contributed by atoms with Crippen molar-refractivity contribution in [2.75, 3.05) is 20.2 Å². The average Bonchev–Trinajstić information content (AvgIpc) is 3.07. The van der Waals surface area contributed by atoms with E-state index >= 15 is 0 Å². The zero-order valence-corrected chi connectivity index (χ0v) is 13.6. The number of rotatable bonds is 5. The highest BCUT2D eigenvalue weighted by Crippen LogP contribution is 2.23. The minimum absolute atomic E-state index is 0.153. The first-order valence-electron chi connectivity index (χ1n) is 8.73. The van der Waals surface area contributed by atoms with Gasteiger partial charge in [0.2, 0.25) is 0 Å². The summed E-state index contributed by atoms with van der Waals surface area (Å²) in [5.41, 5.74) is 3.66. The van der Waals surface area contributed by atoms with Crippen LogP contribution in [0.2, 0.25) is 0 Å². The third-order valence-electron chi connectivity index (χ3n) is 4.99. The highest BCUT2D eigenvalue weighted by atomic mass is 16.5. The summed E-state index contributed by atoms with van der Waals surface area (Å²) in [5.74, 6) is 0.153. The van der Waals surface area contributed by atoms with E-state index in [-0.39, 0.29) is 5.91 Å². The van der Waals surface area contributed by atoms with Crippen molar-refractivity contribution in [2.45, 2.75) is 57.5 Å². The van der Waals surface area contributed by atoms with Crippen LogP contribution in [0.1, 0.15) is 60.0 Å². The fraction of sp³-hybridized carbons (Fsp3) is 0.632. The van der Waals surface area contributed by atoms with E-state index in [0.717, 1.165) is 38.0 Å². The molecule has 1 amide bonds. The molecular formula is C19H27NO2. The molecule has 0 bridgehead atoms. The van der Waals surface area contributed by atoms with Crippen LogP contribution in [-0.2, 0) is 17.6 Å². The van der Waals surface area contributed by atoms with Crippen LogP contribution in [0.25, 0.3) is 0 Å². The standard InChI is InChI=1S/C19H27NO2/c1-20(12-4-8-18-9-5-13-22-18)19(21)17-11-10-15-6-2-3-7-16(15)14-17/h10-11,14,18H,2-9,12-13H2,1H3. The molecule has 0 aromatic heterocycles. The van der Waals surface area contributed by atoms with E-state index in [9.17, 15) is 4.79 Å². The highest BCUT2D eigenvalue weighted by Gasteiger charge is 2.18. The van der Waals surface area contributed by atoms with Gasteiger partial charge in [0, 0.05) is 25.8 Å². The molecule has 1 aromatic rings. The summed E-state index contributed by atoms with van der Waals surface area (Å²) in [7, 11) is 1.91. The first kappa shape index (κ1) is 15.5. The maximum atomic E-state index is 12.6. The molecule has 120 valence electrons. The predicted octanol–water partition coefficient (Wildman–Crippen LogP) is 3.60. The van der Waals surface area contributed by atoms with E-state index in [1.807, 2.05) is 18.0 Å². The van der Waals surface area contributed by atoms with E-state index in [4.69, 9.17) is 4.74 Å². The fourth-order valence-electron chi connectivity index (χ4n) is 3.62. The van der Waals surface area contributed by atoms with Crippen LogP contribution in [0.15, 0.2) is 18.2 Å². The van der Waals surface area contributed by atoms with Crippen molar-refractivity contribution in [1.82, 2.24) is 4.90 Å². The van der Waals surface area contributed by atoms with Crippen molar-refractivity contribution in [1.29, 1.82) is 0 Å². The first-order valence-corrected chi connectivity index (χ1v) is 8.73. The van der Waals surface area contributed by atoms with Crippen molar-refractivity contribution in [3.05, 3.63) is 34.9 Å². The lowest BCUT2D eigenvalue weighted by Crippen LogP contribution is -2.28. The first-order chi connectivity index (χ1) is 10.7. The molecule has 1 aromatic carbocycles. The Morgan fingerprint density at radius 1 is 1.23 bits per heavy atom. The van der Waals surface area contributed by atoms with Crippen LogP contribution >= 0.6 is 0 Å². The molecule has 1 aliphatic carbocycles. The van der Waals surface area contributed by atoms with Gasteiger partial charge in [0.05, 0.1) is 6.10 Å². The Hall–Kier alpha value is -1.35. The molecule has 3 rings (SSSR count). The molecule has 0 N–H and O–H groups in total. The number of hydrogen-bond acceptors (Lipinski definition) is 2. The van der Waals surface area contributed by atoms with E-state index in [2.05, 4.69) is 12.1 Å². The van der Waals surface area contributed by atoms with Crippen molar-refractivity contribution in [2.24, 2.45) is 0 Å². The Morgan fingerprint density at radius 2 is 2.05 bits per heavy atom. The zero-order valence-electron chi connectivity index (χ0n) is 13.6. The normalized spacial score (nSPS) is 20.7. The number of amides is 1. The van der Waals surface area contributed by atoms with Gasteiger partial charge in [-0.1, -0.05) is 6.07 Å². The van der Waals surface area contributed by atoms with Crippen molar-refractivity contribution >= 4 is 5.91 Å². The zero-order chi connectivity index (χ0) is 15.4. The lowest BCUT2D eigenvalue weighted by atomic mass is 9.90. The molecule has 0 spiro atoms. The maximum Gasteiger partial charge on any atom is 0.253 e. The molecule has 0 saturated carbocycles. The second kappa shape index (κ2) is 7.28. The SMILES string of the molecule is CN(CCCC1CCCO1)C(=O)c1ccc2c(c1)CCCC2. The smallest absolute Gasteiger partial charge is 0.253 e. The van der Waals surface area contributed by atoms with E-state index < -0.39 is 0 Å². The van der Waals surface area contributed by atoms with Gasteiger partial charge < -0.3 is 9.64 Å². The number of hydrogen-bond donors (Lipinski definition) is 0. The van der Waals surface area contributed by atoms with Gasteiger partial charge in [-0.25, -0.2) is 0 Å². The number of carbonyl (C=O) groups excluding carboxylic acids is 1. The van der Waals surface area contributed by atoms with Crippen molar-refractivity contribution in [3.63, 3.8) is 0 Å². The van der Waals surface area contributed by atoms with Crippen LogP contribution in [0, 0.1) is 0 Å². The second-order valence-electron chi connectivity index (χ2n) is 6.69. The molecule has 1 fully saturated rings. The molecule has 2 aliphatic rings. The molecule has 22 heavy (non-hydrogen) atoms. The quantitative estimate of drug-likeness (QED) is 0.831. The van der Waals surface area contributed by atoms with Crippen molar-refractivity contribution < 1.29 is 9.53 Å². The number of aryl methyl sites for hydroxylation is 2. The summed E-state index contributed by atoms with van der Waals surface area (Å²) in [6, 6.07) is 6.28. The Bertz CT molecular complexity index is 520. The van der Waals surface area contributed by atoms with E-state index in [1.165, 1.54) is 43.2 Å². The molecular weight excluding hydrogens is 274 g/mol. The minimum atomic E-state index is 0.153. The molecule has 3 nitrogen and oxygen atoms in total. The number of ether oxygens (including phenoxy) is 1. The molecule has 0 radical (unpaired) electrons. The molecule has 1 aliphatic heterocycles. The third-order valence-corrected chi connectivity index (χ3v) is 4.99. The highest BCUT2D eigenvalue weighted by molar-refractivity contribution is 5.94. The van der Waals surface area contributed by atoms with Crippen LogP contribution in [0.5, 0.6) is 0 Å². The van der Waals surface area contributed by atoms with Gasteiger partial charge in [0.25, 0.3) is 5.91 Å².